The Labute approximate surface area is 229 Å². The highest BCUT2D eigenvalue weighted by Gasteiger charge is 1.99. The normalized spacial score (nSPS) is 9.15. The zero-order valence-corrected chi connectivity index (χ0v) is 21.1. The number of nitrogens with zero attached hydrogens (tertiary/aromatic N) is 3. The SMILES string of the molecule is N#CCc1ccc(C#Cc2cc(C#Cc3ccc(CC#N)cc3)cc(C#Cc3ccc(CC#N)cc3)c2)cc1. The van der Waals surface area contributed by atoms with E-state index in [0.717, 1.165) is 50.1 Å². The molecule has 4 rings (SSSR count). The van der Waals surface area contributed by atoms with Crippen LogP contribution in [-0.4, -0.2) is 0 Å². The minimum absolute atomic E-state index is 0.374. The molecule has 180 valence electrons. The summed E-state index contributed by atoms with van der Waals surface area (Å²) in [5.74, 6) is 19.2. The van der Waals surface area contributed by atoms with E-state index in [4.69, 9.17) is 15.8 Å². The predicted molar refractivity (Wildman–Crippen MR) is 152 cm³/mol. The van der Waals surface area contributed by atoms with Gasteiger partial charge in [-0.1, -0.05) is 71.9 Å². The van der Waals surface area contributed by atoms with E-state index in [1.54, 1.807) is 0 Å². The number of rotatable bonds is 3. The van der Waals surface area contributed by atoms with Crippen molar-refractivity contribution in [1.29, 1.82) is 15.8 Å². The molecule has 0 saturated heterocycles. The van der Waals surface area contributed by atoms with Crippen LogP contribution >= 0.6 is 0 Å². The number of hydrogen-bond acceptors (Lipinski definition) is 3. The lowest BCUT2D eigenvalue weighted by molar-refractivity contribution is 1.26. The molecule has 0 aromatic heterocycles. The van der Waals surface area contributed by atoms with Gasteiger partial charge in [-0.3, -0.25) is 0 Å². The molecule has 3 heteroatoms. The Morgan fingerprint density at radius 1 is 0.333 bits per heavy atom. The van der Waals surface area contributed by atoms with E-state index in [1.807, 2.05) is 91.0 Å². The van der Waals surface area contributed by atoms with Gasteiger partial charge in [-0.25, -0.2) is 0 Å². The molecule has 0 aliphatic rings. The fourth-order valence-corrected chi connectivity index (χ4v) is 3.67. The minimum Gasteiger partial charge on any atom is -0.198 e. The van der Waals surface area contributed by atoms with Crippen LogP contribution in [0.5, 0.6) is 0 Å². The van der Waals surface area contributed by atoms with E-state index in [1.165, 1.54) is 0 Å². The Hall–Kier alpha value is -5.97. The Bertz CT molecular complexity index is 1560. The molecule has 3 nitrogen and oxygen atoms in total. The number of benzene rings is 4. The maximum absolute atomic E-state index is 8.87. The summed E-state index contributed by atoms with van der Waals surface area (Å²) in [6, 6.07) is 35.2. The van der Waals surface area contributed by atoms with Gasteiger partial charge in [0.25, 0.3) is 0 Å². The van der Waals surface area contributed by atoms with Crippen molar-refractivity contribution in [2.24, 2.45) is 0 Å². The van der Waals surface area contributed by atoms with Gasteiger partial charge in [0.05, 0.1) is 37.5 Å². The summed E-state index contributed by atoms with van der Waals surface area (Å²) < 4.78 is 0. The second-order valence-electron chi connectivity index (χ2n) is 8.64. The van der Waals surface area contributed by atoms with Gasteiger partial charge in [0, 0.05) is 33.4 Å². The Morgan fingerprint density at radius 3 is 0.795 bits per heavy atom. The maximum atomic E-state index is 8.87. The summed E-state index contributed by atoms with van der Waals surface area (Å²) in [5.41, 5.74) is 7.82. The van der Waals surface area contributed by atoms with Crippen LogP contribution in [0.1, 0.15) is 50.1 Å². The quantitative estimate of drug-likeness (QED) is 0.323. The lowest BCUT2D eigenvalue weighted by Crippen LogP contribution is -1.86. The number of hydrogen-bond donors (Lipinski definition) is 0. The molecule has 0 amide bonds. The first-order valence-corrected chi connectivity index (χ1v) is 12.2. The van der Waals surface area contributed by atoms with Crippen molar-refractivity contribution in [1.82, 2.24) is 0 Å². The molecule has 4 aromatic carbocycles. The second-order valence-corrected chi connectivity index (χ2v) is 8.64. The topological polar surface area (TPSA) is 71.4 Å². The molecule has 0 fully saturated rings. The third-order valence-corrected chi connectivity index (χ3v) is 5.70. The zero-order chi connectivity index (χ0) is 27.3. The first kappa shape index (κ1) is 26.1. The average Bonchev–Trinajstić information content (AvgIpc) is 2.97. The molecule has 39 heavy (non-hydrogen) atoms. The molecule has 0 atom stereocenters. The van der Waals surface area contributed by atoms with Gasteiger partial charge in [0.15, 0.2) is 0 Å². The van der Waals surface area contributed by atoms with Gasteiger partial charge in [-0.15, -0.1) is 0 Å². The highest BCUT2D eigenvalue weighted by molar-refractivity contribution is 5.55. The average molecular weight is 496 g/mol. The molecule has 0 aliphatic heterocycles. The molecule has 0 spiro atoms. The molecular weight excluding hydrogens is 474 g/mol. The lowest BCUT2D eigenvalue weighted by atomic mass is 10.0. The van der Waals surface area contributed by atoms with Crippen LogP contribution in [-0.2, 0) is 19.3 Å². The van der Waals surface area contributed by atoms with Crippen LogP contribution in [0.15, 0.2) is 91.0 Å². The fourth-order valence-electron chi connectivity index (χ4n) is 3.67. The van der Waals surface area contributed by atoms with E-state index < -0.39 is 0 Å². The van der Waals surface area contributed by atoms with E-state index >= 15 is 0 Å². The Kier molecular flexibility index (Phi) is 8.95. The summed E-state index contributed by atoms with van der Waals surface area (Å²) >= 11 is 0. The van der Waals surface area contributed by atoms with Crippen LogP contribution in [0.4, 0.5) is 0 Å². The smallest absolute Gasteiger partial charge is 0.0669 e. The Balaban J connectivity index is 1.66. The molecule has 0 unspecified atom stereocenters. The predicted octanol–water partition coefficient (Wildman–Crippen LogP) is 6.08. The monoisotopic (exact) mass is 495 g/mol. The molecule has 0 bridgehead atoms. The maximum Gasteiger partial charge on any atom is 0.0669 e. The molecule has 4 aromatic rings. The van der Waals surface area contributed by atoms with Gasteiger partial charge in [0.2, 0.25) is 0 Å². The third kappa shape index (κ3) is 8.02. The van der Waals surface area contributed by atoms with Crippen LogP contribution in [0.3, 0.4) is 0 Å². The standard InChI is InChI=1S/C36H21N3/c37-22-19-31-7-1-28(2-8-31)13-16-34-25-35(17-14-29-3-9-32(10-4-29)20-23-38)27-36(26-34)18-15-30-5-11-33(12-6-30)21-24-39/h1-12,25-27H,19-21H2. The van der Waals surface area contributed by atoms with Crippen LogP contribution in [0.2, 0.25) is 0 Å². The largest absolute Gasteiger partial charge is 0.198 e. The van der Waals surface area contributed by atoms with E-state index in [9.17, 15) is 0 Å². The molecule has 0 N–H and O–H groups in total. The summed E-state index contributed by atoms with van der Waals surface area (Å²) in [4.78, 5) is 0. The first-order chi connectivity index (χ1) is 19.1. The summed E-state index contributed by atoms with van der Waals surface area (Å²) in [7, 11) is 0. The highest BCUT2D eigenvalue weighted by Crippen LogP contribution is 2.12. The summed E-state index contributed by atoms with van der Waals surface area (Å²) in [6.45, 7) is 0. The number of nitriles is 3. The van der Waals surface area contributed by atoms with Crippen LogP contribution in [0.25, 0.3) is 0 Å². The molecule has 0 saturated carbocycles. The minimum atomic E-state index is 0.374. The summed E-state index contributed by atoms with van der Waals surface area (Å²) in [6.07, 6.45) is 1.12. The van der Waals surface area contributed by atoms with Gasteiger partial charge < -0.3 is 0 Å². The fraction of sp³-hybridized carbons (Fsp3) is 0.0833. The van der Waals surface area contributed by atoms with Crippen molar-refractivity contribution >= 4 is 0 Å². The van der Waals surface area contributed by atoms with Crippen molar-refractivity contribution in [3.8, 4) is 53.7 Å². The summed E-state index contributed by atoms with van der Waals surface area (Å²) in [5, 5.41) is 26.6. The van der Waals surface area contributed by atoms with Gasteiger partial charge >= 0.3 is 0 Å². The van der Waals surface area contributed by atoms with E-state index in [2.05, 4.69) is 53.7 Å². The molecular formula is C36H21N3. The molecule has 0 aliphatic carbocycles. The van der Waals surface area contributed by atoms with E-state index in [-0.39, 0.29) is 0 Å². The third-order valence-electron chi connectivity index (χ3n) is 5.70. The zero-order valence-electron chi connectivity index (χ0n) is 21.1. The van der Waals surface area contributed by atoms with Crippen molar-refractivity contribution < 1.29 is 0 Å². The lowest BCUT2D eigenvalue weighted by Gasteiger charge is -1.99. The van der Waals surface area contributed by atoms with Crippen molar-refractivity contribution in [2.75, 3.05) is 0 Å². The second kappa shape index (κ2) is 13.4. The van der Waals surface area contributed by atoms with Gasteiger partial charge in [-0.2, -0.15) is 15.8 Å². The Morgan fingerprint density at radius 2 is 0.564 bits per heavy atom. The van der Waals surface area contributed by atoms with Crippen molar-refractivity contribution in [3.63, 3.8) is 0 Å². The van der Waals surface area contributed by atoms with Gasteiger partial charge in [0.1, 0.15) is 0 Å². The molecule has 0 heterocycles. The van der Waals surface area contributed by atoms with Gasteiger partial charge in [-0.05, 0) is 71.3 Å². The molecule has 0 radical (unpaired) electrons. The van der Waals surface area contributed by atoms with E-state index in [0.29, 0.717) is 19.3 Å². The van der Waals surface area contributed by atoms with Crippen molar-refractivity contribution in [2.45, 2.75) is 19.3 Å². The first-order valence-electron chi connectivity index (χ1n) is 12.2. The highest BCUT2D eigenvalue weighted by atomic mass is 14.2. The van der Waals surface area contributed by atoms with Crippen molar-refractivity contribution in [3.05, 3.63) is 141 Å². The van der Waals surface area contributed by atoms with Crippen LogP contribution in [0, 0.1) is 69.5 Å². The van der Waals surface area contributed by atoms with Crippen LogP contribution < -0.4 is 0 Å².